The van der Waals surface area contributed by atoms with Gasteiger partial charge in [0.1, 0.15) is 5.76 Å². The molecule has 2 saturated carbocycles. The molecule has 1 aromatic rings. The molecule has 0 saturated heterocycles. The molecule has 2 fully saturated rings. The molecule has 2 aliphatic rings. The van der Waals surface area contributed by atoms with E-state index in [1.54, 1.807) is 0 Å². The van der Waals surface area contributed by atoms with Crippen LogP contribution in [-0.2, 0) is 6.54 Å². The summed E-state index contributed by atoms with van der Waals surface area (Å²) in [6.45, 7) is 7.19. The number of fused-ring (bicyclic) bond motifs is 1. The van der Waals surface area contributed by atoms with Gasteiger partial charge in [0.2, 0.25) is 5.89 Å². The summed E-state index contributed by atoms with van der Waals surface area (Å²) < 4.78 is 5.86. The molecule has 1 aromatic heterocycles. The Morgan fingerprint density at radius 1 is 1.29 bits per heavy atom. The van der Waals surface area contributed by atoms with Gasteiger partial charge in [0, 0.05) is 11.5 Å². The first-order valence-electron chi connectivity index (χ1n) is 6.71. The number of oxazole rings is 1. The predicted octanol–water partition coefficient (Wildman–Crippen LogP) is 3.08. The Morgan fingerprint density at radius 3 is 2.65 bits per heavy atom. The highest BCUT2D eigenvalue weighted by atomic mass is 16.4. The van der Waals surface area contributed by atoms with Crippen molar-refractivity contribution in [3.8, 4) is 0 Å². The summed E-state index contributed by atoms with van der Waals surface area (Å²) in [6.07, 6.45) is 6.05. The van der Waals surface area contributed by atoms with Gasteiger partial charge in [-0.25, -0.2) is 4.98 Å². The van der Waals surface area contributed by atoms with E-state index in [1.807, 2.05) is 6.20 Å². The zero-order valence-corrected chi connectivity index (χ0v) is 11.0. The lowest BCUT2D eigenvalue weighted by Gasteiger charge is -2.19. The first-order valence-corrected chi connectivity index (χ1v) is 6.71. The van der Waals surface area contributed by atoms with E-state index in [-0.39, 0.29) is 5.54 Å². The van der Waals surface area contributed by atoms with E-state index in [0.717, 1.165) is 30.0 Å². The third-order valence-corrected chi connectivity index (χ3v) is 3.99. The minimum absolute atomic E-state index is 0.115. The predicted molar refractivity (Wildman–Crippen MR) is 66.7 cm³/mol. The van der Waals surface area contributed by atoms with Gasteiger partial charge in [-0.15, -0.1) is 0 Å². The second-order valence-corrected chi connectivity index (χ2v) is 6.68. The van der Waals surface area contributed by atoms with Crippen LogP contribution in [0.15, 0.2) is 10.6 Å². The number of nitrogens with one attached hydrogen (secondary N) is 1. The zero-order chi connectivity index (χ0) is 12.0. The summed E-state index contributed by atoms with van der Waals surface area (Å²) in [5.74, 6) is 4.59. The van der Waals surface area contributed by atoms with Crippen molar-refractivity contribution in [1.29, 1.82) is 0 Å². The maximum atomic E-state index is 5.86. The molecule has 0 aliphatic heterocycles. The summed E-state index contributed by atoms with van der Waals surface area (Å²) in [4.78, 5) is 4.37. The summed E-state index contributed by atoms with van der Waals surface area (Å²) in [7, 11) is 0. The molecule has 3 rings (SSSR count). The lowest BCUT2D eigenvalue weighted by molar-refractivity contribution is 0.359. The molecule has 17 heavy (non-hydrogen) atoms. The maximum absolute atomic E-state index is 5.86. The molecule has 94 valence electrons. The highest BCUT2D eigenvalue weighted by molar-refractivity contribution is 5.11. The fraction of sp³-hybridized carbons (Fsp3) is 0.786. The van der Waals surface area contributed by atoms with E-state index in [9.17, 15) is 0 Å². The van der Waals surface area contributed by atoms with E-state index in [1.165, 1.54) is 19.3 Å². The van der Waals surface area contributed by atoms with Gasteiger partial charge in [0.25, 0.3) is 0 Å². The van der Waals surface area contributed by atoms with Crippen molar-refractivity contribution in [2.45, 2.75) is 58.0 Å². The summed E-state index contributed by atoms with van der Waals surface area (Å²) in [5, 5.41) is 3.40. The fourth-order valence-electron chi connectivity index (χ4n) is 2.88. The van der Waals surface area contributed by atoms with E-state index in [0.29, 0.717) is 5.92 Å². The minimum Gasteiger partial charge on any atom is -0.444 e. The second kappa shape index (κ2) is 3.84. The fourth-order valence-corrected chi connectivity index (χ4v) is 2.88. The van der Waals surface area contributed by atoms with Gasteiger partial charge in [-0.05, 0) is 51.9 Å². The number of hydrogen-bond donors (Lipinski definition) is 1. The molecule has 3 heteroatoms. The molecule has 2 atom stereocenters. The van der Waals surface area contributed by atoms with Gasteiger partial charge in [0.15, 0.2) is 0 Å². The normalized spacial score (nSPS) is 31.6. The Balaban J connectivity index is 1.58. The van der Waals surface area contributed by atoms with Crippen LogP contribution in [0.3, 0.4) is 0 Å². The Morgan fingerprint density at radius 2 is 2.00 bits per heavy atom. The smallest absolute Gasteiger partial charge is 0.208 e. The number of hydrogen-bond acceptors (Lipinski definition) is 3. The third kappa shape index (κ3) is 2.54. The van der Waals surface area contributed by atoms with Crippen molar-refractivity contribution in [2.24, 2.45) is 11.8 Å². The maximum Gasteiger partial charge on any atom is 0.208 e. The molecule has 1 heterocycles. The summed E-state index contributed by atoms with van der Waals surface area (Å²) in [5.41, 5.74) is 0.115. The van der Waals surface area contributed by atoms with Gasteiger partial charge in [-0.2, -0.15) is 0 Å². The van der Waals surface area contributed by atoms with Crippen LogP contribution in [-0.4, -0.2) is 10.5 Å². The highest BCUT2D eigenvalue weighted by Gasteiger charge is 2.47. The lowest BCUT2D eigenvalue weighted by Crippen LogP contribution is -2.35. The molecule has 2 unspecified atom stereocenters. The van der Waals surface area contributed by atoms with Crippen molar-refractivity contribution >= 4 is 0 Å². The van der Waals surface area contributed by atoms with Crippen LogP contribution < -0.4 is 5.32 Å². The number of nitrogens with zero attached hydrogens (tertiary/aromatic N) is 1. The monoisotopic (exact) mass is 234 g/mol. The lowest BCUT2D eigenvalue weighted by atomic mass is 10.0. The SMILES string of the molecule is CC(C)(C)NCc1ncc(C2CC3CC3C2)o1. The molecule has 1 N–H and O–H groups in total. The first-order chi connectivity index (χ1) is 8.01. The van der Waals surface area contributed by atoms with Crippen LogP contribution in [0.4, 0.5) is 0 Å². The molecule has 0 radical (unpaired) electrons. The average Bonchev–Trinajstić information content (AvgIpc) is 2.72. The number of aromatic nitrogens is 1. The molecule has 0 bridgehead atoms. The van der Waals surface area contributed by atoms with Gasteiger partial charge in [-0.1, -0.05) is 0 Å². The van der Waals surface area contributed by atoms with Crippen LogP contribution in [0.5, 0.6) is 0 Å². The Labute approximate surface area is 103 Å². The van der Waals surface area contributed by atoms with Crippen LogP contribution >= 0.6 is 0 Å². The van der Waals surface area contributed by atoms with Crippen molar-refractivity contribution in [2.75, 3.05) is 0 Å². The molecule has 3 nitrogen and oxygen atoms in total. The molecular weight excluding hydrogens is 212 g/mol. The minimum atomic E-state index is 0.115. The molecule has 2 aliphatic carbocycles. The van der Waals surface area contributed by atoms with E-state index in [4.69, 9.17) is 4.42 Å². The van der Waals surface area contributed by atoms with Crippen molar-refractivity contribution in [3.63, 3.8) is 0 Å². The van der Waals surface area contributed by atoms with Crippen molar-refractivity contribution in [1.82, 2.24) is 10.3 Å². The topological polar surface area (TPSA) is 38.1 Å². The van der Waals surface area contributed by atoms with E-state index >= 15 is 0 Å². The largest absolute Gasteiger partial charge is 0.444 e. The average molecular weight is 234 g/mol. The first kappa shape index (κ1) is 11.3. The summed E-state index contributed by atoms with van der Waals surface area (Å²) >= 11 is 0. The van der Waals surface area contributed by atoms with Crippen molar-refractivity contribution < 1.29 is 4.42 Å². The van der Waals surface area contributed by atoms with Gasteiger partial charge in [-0.3, -0.25) is 0 Å². The van der Waals surface area contributed by atoms with Gasteiger partial charge in [0.05, 0.1) is 12.7 Å². The number of rotatable bonds is 3. The molecular formula is C14H22N2O. The molecule has 0 aromatic carbocycles. The Hall–Kier alpha value is -0.830. The highest BCUT2D eigenvalue weighted by Crippen LogP contribution is 2.57. The van der Waals surface area contributed by atoms with Crippen LogP contribution in [0.25, 0.3) is 0 Å². The van der Waals surface area contributed by atoms with Crippen LogP contribution in [0, 0.1) is 11.8 Å². The van der Waals surface area contributed by atoms with E-state index in [2.05, 4.69) is 31.1 Å². The third-order valence-electron chi connectivity index (χ3n) is 3.99. The van der Waals surface area contributed by atoms with E-state index < -0.39 is 0 Å². The van der Waals surface area contributed by atoms with Gasteiger partial charge < -0.3 is 9.73 Å². The zero-order valence-electron chi connectivity index (χ0n) is 11.0. The molecule has 0 amide bonds. The Bertz CT molecular complexity index is 395. The molecule has 0 spiro atoms. The summed E-state index contributed by atoms with van der Waals surface area (Å²) in [6, 6.07) is 0. The Kier molecular flexibility index (Phi) is 2.54. The quantitative estimate of drug-likeness (QED) is 0.873. The van der Waals surface area contributed by atoms with Crippen LogP contribution in [0.2, 0.25) is 0 Å². The standard InChI is InChI=1S/C14H22N2O/c1-14(2,3)16-8-13-15-7-12(17-13)11-5-9-4-10(9)6-11/h7,9-11,16H,4-6,8H2,1-3H3. The van der Waals surface area contributed by atoms with Crippen LogP contribution in [0.1, 0.15) is 57.6 Å². The second-order valence-electron chi connectivity index (χ2n) is 6.68. The van der Waals surface area contributed by atoms with Gasteiger partial charge >= 0.3 is 0 Å². The van der Waals surface area contributed by atoms with Crippen molar-refractivity contribution in [3.05, 3.63) is 17.8 Å².